The highest BCUT2D eigenvalue weighted by Crippen LogP contribution is 2.36. The first-order valence-electron chi connectivity index (χ1n) is 12.3. The number of thioether (sulfide) groups is 1. The molecule has 1 aliphatic rings. The van der Waals surface area contributed by atoms with Crippen molar-refractivity contribution in [3.63, 3.8) is 0 Å². The fraction of sp³-hybridized carbons (Fsp3) is 0.233. The maximum absolute atomic E-state index is 13.5. The van der Waals surface area contributed by atoms with E-state index < -0.39 is 5.97 Å². The lowest BCUT2D eigenvalue weighted by atomic mass is 10.1. The first kappa shape index (κ1) is 27.0. The third-order valence-electron chi connectivity index (χ3n) is 5.75. The van der Waals surface area contributed by atoms with Crippen molar-refractivity contribution < 1.29 is 23.8 Å². The molecular formula is C30H30N2O5S. The highest BCUT2D eigenvalue weighted by atomic mass is 32.2. The molecular weight excluding hydrogens is 500 g/mol. The van der Waals surface area contributed by atoms with Gasteiger partial charge in [0.2, 0.25) is 0 Å². The summed E-state index contributed by atoms with van der Waals surface area (Å²) < 4.78 is 15.9. The third kappa shape index (κ3) is 7.04. The number of methoxy groups -OCH3 is 1. The van der Waals surface area contributed by atoms with Gasteiger partial charge in [0, 0.05) is 6.54 Å². The van der Waals surface area contributed by atoms with Crippen LogP contribution in [0.3, 0.4) is 0 Å². The molecule has 196 valence electrons. The quantitative estimate of drug-likeness (QED) is 0.244. The predicted molar refractivity (Wildman–Crippen MR) is 151 cm³/mol. The Hall–Kier alpha value is -4.04. The second-order valence-electron chi connectivity index (χ2n) is 8.54. The lowest BCUT2D eigenvalue weighted by molar-refractivity contribution is -0.145. The zero-order valence-corrected chi connectivity index (χ0v) is 22.5. The maximum atomic E-state index is 13.5. The molecule has 8 heteroatoms. The number of benzene rings is 3. The van der Waals surface area contributed by atoms with E-state index in [0.29, 0.717) is 34.5 Å². The van der Waals surface area contributed by atoms with Crippen LogP contribution in [-0.4, -0.2) is 48.8 Å². The number of rotatable bonds is 10. The standard InChI is InChI=1S/C30H30N2O5S/c1-4-36-28(33)20-37-25-15-12-23(18-26(25)35-3)19-27-29(34)32(17-16-22-8-6-5-7-9-22)30(38-27)31-24-13-10-21(2)11-14-24/h5-15,18-19H,4,16-17,20H2,1-3H3. The number of carbonyl (C=O) groups excluding carboxylic acids is 2. The molecule has 0 N–H and O–H groups in total. The summed E-state index contributed by atoms with van der Waals surface area (Å²) in [5, 5.41) is 0.641. The van der Waals surface area contributed by atoms with E-state index in [2.05, 4.69) is 12.1 Å². The summed E-state index contributed by atoms with van der Waals surface area (Å²) in [6, 6.07) is 23.3. The van der Waals surface area contributed by atoms with Gasteiger partial charge in [-0.05, 0) is 73.5 Å². The van der Waals surface area contributed by atoms with E-state index in [1.54, 1.807) is 24.0 Å². The fourth-order valence-corrected chi connectivity index (χ4v) is 4.81. The second-order valence-corrected chi connectivity index (χ2v) is 9.55. The van der Waals surface area contributed by atoms with Crippen LogP contribution in [-0.2, 0) is 20.7 Å². The number of carbonyl (C=O) groups is 2. The van der Waals surface area contributed by atoms with E-state index in [9.17, 15) is 9.59 Å². The zero-order valence-electron chi connectivity index (χ0n) is 21.7. The number of hydrogen-bond acceptors (Lipinski definition) is 7. The highest BCUT2D eigenvalue weighted by Gasteiger charge is 2.33. The number of amides is 1. The fourth-order valence-electron chi connectivity index (χ4n) is 3.79. The SMILES string of the molecule is CCOC(=O)COc1ccc(C=C2SC(=Nc3ccc(C)cc3)N(CCc3ccccc3)C2=O)cc1OC. The molecule has 0 radical (unpaired) electrons. The van der Waals surface area contributed by atoms with Crippen molar-refractivity contribution in [3.8, 4) is 11.5 Å². The van der Waals surface area contributed by atoms with Crippen LogP contribution in [0.2, 0.25) is 0 Å². The molecule has 3 aromatic rings. The van der Waals surface area contributed by atoms with Crippen LogP contribution in [0.15, 0.2) is 82.7 Å². The summed E-state index contributed by atoms with van der Waals surface area (Å²) >= 11 is 1.35. The molecule has 7 nitrogen and oxygen atoms in total. The number of hydrogen-bond donors (Lipinski definition) is 0. The van der Waals surface area contributed by atoms with Crippen molar-refractivity contribution >= 4 is 40.6 Å². The van der Waals surface area contributed by atoms with E-state index in [1.165, 1.54) is 18.9 Å². The topological polar surface area (TPSA) is 77.4 Å². The average Bonchev–Trinajstić information content (AvgIpc) is 3.21. The molecule has 0 bridgehead atoms. The van der Waals surface area contributed by atoms with Gasteiger partial charge >= 0.3 is 5.97 Å². The van der Waals surface area contributed by atoms with Gasteiger partial charge in [0.05, 0.1) is 24.3 Å². The Kier molecular flexibility index (Phi) is 9.21. The van der Waals surface area contributed by atoms with Gasteiger partial charge in [0.1, 0.15) is 0 Å². The van der Waals surface area contributed by atoms with E-state index in [4.69, 9.17) is 19.2 Å². The summed E-state index contributed by atoms with van der Waals surface area (Å²) in [6.07, 6.45) is 2.53. The van der Waals surface area contributed by atoms with Crippen LogP contribution in [0.5, 0.6) is 11.5 Å². The Labute approximate surface area is 227 Å². The minimum Gasteiger partial charge on any atom is -0.493 e. The first-order valence-corrected chi connectivity index (χ1v) is 13.2. The van der Waals surface area contributed by atoms with Gasteiger partial charge in [0.15, 0.2) is 23.3 Å². The van der Waals surface area contributed by atoms with Crippen molar-refractivity contribution in [2.75, 3.05) is 26.9 Å². The summed E-state index contributed by atoms with van der Waals surface area (Å²) in [7, 11) is 1.52. The Morgan fingerprint density at radius 1 is 1.03 bits per heavy atom. The van der Waals surface area contributed by atoms with Crippen molar-refractivity contribution in [2.24, 2.45) is 4.99 Å². The smallest absolute Gasteiger partial charge is 0.344 e. The molecule has 3 aromatic carbocycles. The van der Waals surface area contributed by atoms with E-state index in [0.717, 1.165) is 22.4 Å². The van der Waals surface area contributed by atoms with Crippen molar-refractivity contribution in [2.45, 2.75) is 20.3 Å². The van der Waals surface area contributed by atoms with Gasteiger partial charge in [0.25, 0.3) is 5.91 Å². The molecule has 1 aliphatic heterocycles. The van der Waals surface area contributed by atoms with Gasteiger partial charge in [-0.3, -0.25) is 9.69 Å². The molecule has 1 amide bonds. The summed E-state index contributed by atoms with van der Waals surface area (Å²) in [5.74, 6) is 0.316. The first-order chi connectivity index (χ1) is 18.5. The van der Waals surface area contributed by atoms with Crippen LogP contribution in [0.1, 0.15) is 23.6 Å². The number of esters is 1. The van der Waals surface area contributed by atoms with Crippen LogP contribution in [0.25, 0.3) is 6.08 Å². The number of ether oxygens (including phenoxy) is 3. The summed E-state index contributed by atoms with van der Waals surface area (Å²) in [5.41, 5.74) is 3.86. The molecule has 1 fully saturated rings. The molecule has 0 atom stereocenters. The third-order valence-corrected chi connectivity index (χ3v) is 6.76. The van der Waals surface area contributed by atoms with Gasteiger partial charge in [-0.25, -0.2) is 9.79 Å². The van der Waals surface area contributed by atoms with Crippen molar-refractivity contribution in [3.05, 3.63) is 94.4 Å². The molecule has 0 aliphatic carbocycles. The monoisotopic (exact) mass is 530 g/mol. The predicted octanol–water partition coefficient (Wildman–Crippen LogP) is 5.79. The molecule has 38 heavy (non-hydrogen) atoms. The van der Waals surface area contributed by atoms with Gasteiger partial charge in [-0.15, -0.1) is 0 Å². The molecule has 0 saturated carbocycles. The van der Waals surface area contributed by atoms with Crippen LogP contribution >= 0.6 is 11.8 Å². The highest BCUT2D eigenvalue weighted by molar-refractivity contribution is 8.18. The van der Waals surface area contributed by atoms with E-state index in [-0.39, 0.29) is 19.1 Å². The summed E-state index contributed by atoms with van der Waals surface area (Å²) in [6.45, 7) is 4.35. The lowest BCUT2D eigenvalue weighted by Gasteiger charge is -2.15. The van der Waals surface area contributed by atoms with Gasteiger partial charge in [-0.1, -0.05) is 54.1 Å². The Morgan fingerprint density at radius 3 is 2.50 bits per heavy atom. The normalized spacial score (nSPS) is 15.2. The van der Waals surface area contributed by atoms with E-state index in [1.807, 2.05) is 61.5 Å². The molecule has 0 unspecified atom stereocenters. The molecule has 1 saturated heterocycles. The van der Waals surface area contributed by atoms with Crippen molar-refractivity contribution in [1.82, 2.24) is 4.90 Å². The maximum Gasteiger partial charge on any atom is 0.344 e. The van der Waals surface area contributed by atoms with Gasteiger partial charge in [-0.2, -0.15) is 0 Å². The molecule has 4 rings (SSSR count). The number of nitrogens with zero attached hydrogens (tertiary/aromatic N) is 2. The van der Waals surface area contributed by atoms with E-state index >= 15 is 0 Å². The molecule has 1 heterocycles. The molecule has 0 aromatic heterocycles. The molecule has 0 spiro atoms. The van der Waals surface area contributed by atoms with Crippen LogP contribution in [0, 0.1) is 6.92 Å². The summed E-state index contributed by atoms with van der Waals surface area (Å²) in [4.78, 5) is 32.2. The zero-order chi connectivity index (χ0) is 26.9. The number of amidine groups is 1. The minimum atomic E-state index is -0.454. The van der Waals surface area contributed by atoms with Crippen LogP contribution < -0.4 is 9.47 Å². The lowest BCUT2D eigenvalue weighted by Crippen LogP contribution is -2.31. The second kappa shape index (κ2) is 13.0. The Balaban J connectivity index is 1.58. The average molecular weight is 531 g/mol. The minimum absolute atomic E-state index is 0.0987. The Bertz CT molecular complexity index is 1340. The van der Waals surface area contributed by atoms with Crippen molar-refractivity contribution in [1.29, 1.82) is 0 Å². The largest absolute Gasteiger partial charge is 0.493 e. The van der Waals surface area contributed by atoms with Gasteiger partial charge < -0.3 is 14.2 Å². The van der Waals surface area contributed by atoms with Crippen LogP contribution in [0.4, 0.5) is 5.69 Å². The number of aliphatic imine (C=N–C) groups is 1. The number of aryl methyl sites for hydroxylation is 1. The Morgan fingerprint density at radius 2 is 1.79 bits per heavy atom.